The molecule has 3 N–H and O–H groups in total. The third-order valence-corrected chi connectivity index (χ3v) is 6.51. The smallest absolute Gasteiger partial charge is 0.271 e. The standard InChI is InChI=1S/C21H26N4O2S/c22-21-24-18(13-28-21)19(26)23-17-9-7-15(8-10-17)20(27)25-11-3-6-14-4-1-2-5-16(14)12-25/h1-2,4-5,13,15,17H,3,6-12H2,(H2,22,24)(H,23,26). The van der Waals surface area contributed by atoms with Gasteiger partial charge in [-0.1, -0.05) is 24.3 Å². The number of carbonyl (C=O) groups is 2. The van der Waals surface area contributed by atoms with E-state index in [2.05, 4.69) is 34.6 Å². The van der Waals surface area contributed by atoms with E-state index in [9.17, 15) is 9.59 Å². The first-order valence-electron chi connectivity index (χ1n) is 9.97. The van der Waals surface area contributed by atoms with E-state index in [1.54, 1.807) is 5.38 Å². The molecule has 2 heterocycles. The Kier molecular flexibility index (Phi) is 5.62. The second-order valence-corrected chi connectivity index (χ2v) is 8.61. The highest BCUT2D eigenvalue weighted by Crippen LogP contribution is 2.28. The van der Waals surface area contributed by atoms with Crippen LogP contribution >= 0.6 is 11.3 Å². The number of aromatic nitrogens is 1. The zero-order chi connectivity index (χ0) is 19.5. The summed E-state index contributed by atoms with van der Waals surface area (Å²) in [5.41, 5.74) is 8.62. The molecule has 6 nitrogen and oxygen atoms in total. The van der Waals surface area contributed by atoms with Crippen molar-refractivity contribution in [3.63, 3.8) is 0 Å². The molecule has 0 spiro atoms. The number of hydrogen-bond acceptors (Lipinski definition) is 5. The number of amides is 2. The summed E-state index contributed by atoms with van der Waals surface area (Å²) in [6.45, 7) is 1.55. The van der Waals surface area contributed by atoms with Crippen molar-refractivity contribution < 1.29 is 9.59 Å². The van der Waals surface area contributed by atoms with Crippen molar-refractivity contribution >= 4 is 28.3 Å². The van der Waals surface area contributed by atoms with Crippen molar-refractivity contribution in [2.24, 2.45) is 5.92 Å². The van der Waals surface area contributed by atoms with Crippen LogP contribution in [0.4, 0.5) is 5.13 Å². The van der Waals surface area contributed by atoms with Crippen LogP contribution in [0.15, 0.2) is 29.6 Å². The molecule has 1 aliphatic carbocycles. The molecule has 0 unspecified atom stereocenters. The van der Waals surface area contributed by atoms with E-state index in [0.717, 1.165) is 51.6 Å². The fourth-order valence-corrected chi connectivity index (χ4v) is 4.83. The molecule has 0 saturated heterocycles. The number of thiazole rings is 1. The first kappa shape index (κ1) is 18.9. The average Bonchev–Trinajstić information content (AvgIpc) is 3.03. The van der Waals surface area contributed by atoms with Gasteiger partial charge in [-0.2, -0.15) is 0 Å². The first-order chi connectivity index (χ1) is 13.6. The van der Waals surface area contributed by atoms with E-state index in [4.69, 9.17) is 5.73 Å². The molecule has 1 aromatic carbocycles. The Morgan fingerprint density at radius 3 is 2.61 bits per heavy atom. The van der Waals surface area contributed by atoms with Gasteiger partial charge in [0.15, 0.2) is 5.13 Å². The molecule has 2 aromatic rings. The number of nitrogens with one attached hydrogen (secondary N) is 1. The van der Waals surface area contributed by atoms with Gasteiger partial charge >= 0.3 is 0 Å². The minimum Gasteiger partial charge on any atom is -0.375 e. The zero-order valence-electron chi connectivity index (χ0n) is 15.9. The number of nitrogen functional groups attached to an aromatic ring is 1. The van der Waals surface area contributed by atoms with Gasteiger partial charge in [0.25, 0.3) is 5.91 Å². The molecular weight excluding hydrogens is 372 g/mol. The van der Waals surface area contributed by atoms with Crippen LogP contribution in [0.1, 0.15) is 53.7 Å². The quantitative estimate of drug-likeness (QED) is 0.832. The first-order valence-corrected chi connectivity index (χ1v) is 10.9. The third-order valence-electron chi connectivity index (χ3n) is 5.83. The Morgan fingerprint density at radius 1 is 1.14 bits per heavy atom. The minimum atomic E-state index is -0.174. The molecule has 2 aliphatic rings. The summed E-state index contributed by atoms with van der Waals surface area (Å²) in [5, 5.41) is 5.11. The van der Waals surface area contributed by atoms with Crippen molar-refractivity contribution in [1.82, 2.24) is 15.2 Å². The lowest BCUT2D eigenvalue weighted by atomic mass is 9.85. The summed E-state index contributed by atoms with van der Waals surface area (Å²) in [6, 6.07) is 8.54. The number of nitrogens with two attached hydrogens (primary N) is 1. The molecular formula is C21H26N4O2S. The Balaban J connectivity index is 1.31. The maximum Gasteiger partial charge on any atom is 0.271 e. The summed E-state index contributed by atoms with van der Waals surface area (Å²) in [7, 11) is 0. The predicted octanol–water partition coefficient (Wildman–Crippen LogP) is 2.99. The Bertz CT molecular complexity index is 858. The van der Waals surface area contributed by atoms with Crippen molar-refractivity contribution in [2.45, 2.75) is 51.1 Å². The maximum atomic E-state index is 13.1. The number of benzene rings is 1. The highest BCUT2D eigenvalue weighted by Gasteiger charge is 2.31. The van der Waals surface area contributed by atoms with Gasteiger partial charge in [-0.25, -0.2) is 4.98 Å². The van der Waals surface area contributed by atoms with Crippen LogP contribution in [-0.4, -0.2) is 34.3 Å². The predicted molar refractivity (Wildman–Crippen MR) is 110 cm³/mol. The summed E-state index contributed by atoms with van der Waals surface area (Å²) in [5.74, 6) is 0.161. The number of nitrogens with zero attached hydrogens (tertiary/aromatic N) is 2. The molecule has 28 heavy (non-hydrogen) atoms. The van der Waals surface area contributed by atoms with E-state index in [0.29, 0.717) is 10.8 Å². The molecule has 1 aromatic heterocycles. The van der Waals surface area contributed by atoms with E-state index < -0.39 is 0 Å². The van der Waals surface area contributed by atoms with Gasteiger partial charge in [-0.3, -0.25) is 9.59 Å². The SMILES string of the molecule is Nc1nc(C(=O)NC2CCC(C(=O)N3CCCc4ccccc4C3)CC2)cs1. The fourth-order valence-electron chi connectivity index (χ4n) is 4.28. The molecule has 1 aliphatic heterocycles. The number of rotatable bonds is 3. The van der Waals surface area contributed by atoms with E-state index >= 15 is 0 Å². The summed E-state index contributed by atoms with van der Waals surface area (Å²) < 4.78 is 0. The number of hydrogen-bond donors (Lipinski definition) is 2. The van der Waals surface area contributed by atoms with Gasteiger partial charge in [0.2, 0.25) is 5.91 Å². The van der Waals surface area contributed by atoms with Gasteiger partial charge in [-0.05, 0) is 49.7 Å². The van der Waals surface area contributed by atoms with Gasteiger partial charge in [0.05, 0.1) is 0 Å². The fraction of sp³-hybridized carbons (Fsp3) is 0.476. The summed E-state index contributed by atoms with van der Waals surface area (Å²) in [6.07, 6.45) is 5.35. The maximum absolute atomic E-state index is 13.1. The van der Waals surface area contributed by atoms with E-state index in [1.807, 2.05) is 4.90 Å². The number of carbonyl (C=O) groups excluding carboxylic acids is 2. The second kappa shape index (κ2) is 8.31. The number of fused-ring (bicyclic) bond motifs is 1. The van der Waals surface area contributed by atoms with Crippen molar-refractivity contribution in [3.8, 4) is 0 Å². The molecule has 4 rings (SSSR count). The number of anilines is 1. The third kappa shape index (κ3) is 4.19. The zero-order valence-corrected chi connectivity index (χ0v) is 16.7. The van der Waals surface area contributed by atoms with Crippen LogP contribution in [0.2, 0.25) is 0 Å². The minimum absolute atomic E-state index is 0.0633. The Morgan fingerprint density at radius 2 is 1.89 bits per heavy atom. The lowest BCUT2D eigenvalue weighted by Crippen LogP contribution is -2.42. The molecule has 1 saturated carbocycles. The van der Waals surface area contributed by atoms with E-state index in [-0.39, 0.29) is 23.8 Å². The Labute approximate surface area is 169 Å². The highest BCUT2D eigenvalue weighted by molar-refractivity contribution is 7.13. The Hall–Kier alpha value is -2.41. The van der Waals surface area contributed by atoms with Crippen LogP contribution in [0.25, 0.3) is 0 Å². The largest absolute Gasteiger partial charge is 0.375 e. The lowest BCUT2D eigenvalue weighted by Gasteiger charge is -2.32. The topological polar surface area (TPSA) is 88.3 Å². The van der Waals surface area contributed by atoms with Gasteiger partial charge in [-0.15, -0.1) is 11.3 Å². The van der Waals surface area contributed by atoms with Crippen molar-refractivity contribution in [1.29, 1.82) is 0 Å². The van der Waals surface area contributed by atoms with Crippen LogP contribution in [0, 0.1) is 5.92 Å². The van der Waals surface area contributed by atoms with Gasteiger partial charge in [0.1, 0.15) is 5.69 Å². The van der Waals surface area contributed by atoms with Gasteiger partial charge in [0, 0.05) is 30.4 Å². The molecule has 0 atom stereocenters. The molecule has 0 bridgehead atoms. The monoisotopic (exact) mass is 398 g/mol. The molecule has 1 fully saturated rings. The molecule has 0 radical (unpaired) electrons. The molecule has 148 valence electrons. The van der Waals surface area contributed by atoms with Crippen LogP contribution in [-0.2, 0) is 17.8 Å². The number of aryl methyl sites for hydroxylation is 1. The van der Waals surface area contributed by atoms with Crippen LogP contribution in [0.3, 0.4) is 0 Å². The van der Waals surface area contributed by atoms with Crippen molar-refractivity contribution in [2.75, 3.05) is 12.3 Å². The molecule has 7 heteroatoms. The van der Waals surface area contributed by atoms with E-state index in [1.165, 1.54) is 22.5 Å². The summed E-state index contributed by atoms with van der Waals surface area (Å²) in [4.78, 5) is 31.4. The van der Waals surface area contributed by atoms with Crippen LogP contribution in [0.5, 0.6) is 0 Å². The van der Waals surface area contributed by atoms with Gasteiger partial charge < -0.3 is 16.0 Å². The lowest BCUT2D eigenvalue weighted by molar-refractivity contribution is -0.137. The van der Waals surface area contributed by atoms with Crippen LogP contribution < -0.4 is 11.1 Å². The summed E-state index contributed by atoms with van der Waals surface area (Å²) >= 11 is 1.27. The highest BCUT2D eigenvalue weighted by atomic mass is 32.1. The normalized spacial score (nSPS) is 22.2. The van der Waals surface area contributed by atoms with Crippen molar-refractivity contribution in [3.05, 3.63) is 46.5 Å². The average molecular weight is 399 g/mol. The second-order valence-electron chi connectivity index (χ2n) is 7.73. The molecule has 2 amide bonds.